The number of likely N-dealkylation sites (tertiary alicyclic amines) is 1. The van der Waals surface area contributed by atoms with Gasteiger partial charge < -0.3 is 19.9 Å². The molecule has 0 spiro atoms. The van der Waals surface area contributed by atoms with Crippen LogP contribution in [0, 0.1) is 6.92 Å². The maximum absolute atomic E-state index is 13.3. The number of aryl methyl sites for hydroxylation is 1. The molecule has 3 aromatic rings. The molecular formula is C22H27N3O3S. The van der Waals surface area contributed by atoms with Gasteiger partial charge in [0.25, 0.3) is 0 Å². The first-order chi connectivity index (χ1) is 13.9. The van der Waals surface area contributed by atoms with Gasteiger partial charge in [0.05, 0.1) is 12.0 Å². The van der Waals surface area contributed by atoms with Crippen molar-refractivity contribution in [3.05, 3.63) is 48.0 Å². The highest BCUT2D eigenvalue weighted by Gasteiger charge is 2.23. The Labute approximate surface area is 171 Å². The van der Waals surface area contributed by atoms with E-state index >= 15 is 0 Å². The van der Waals surface area contributed by atoms with E-state index in [2.05, 4.69) is 22.2 Å². The first kappa shape index (κ1) is 19.8. The molecule has 0 unspecified atom stereocenters. The number of aromatic amines is 1. The zero-order chi connectivity index (χ0) is 20.6. The molecule has 2 aromatic carbocycles. The van der Waals surface area contributed by atoms with Gasteiger partial charge in [0.15, 0.2) is 0 Å². The Bertz CT molecular complexity index is 1130. The lowest BCUT2D eigenvalue weighted by Crippen LogP contribution is -2.36. The van der Waals surface area contributed by atoms with E-state index in [-0.39, 0.29) is 9.92 Å². The first-order valence-electron chi connectivity index (χ1n) is 9.84. The second-order valence-corrected chi connectivity index (χ2v) is 9.71. The van der Waals surface area contributed by atoms with Crippen molar-refractivity contribution in [2.45, 2.75) is 35.7 Å². The molecule has 0 saturated carbocycles. The van der Waals surface area contributed by atoms with Gasteiger partial charge in [-0.2, -0.15) is 0 Å². The molecule has 2 heterocycles. The van der Waals surface area contributed by atoms with Crippen LogP contribution < -0.4 is 10.1 Å². The van der Waals surface area contributed by atoms with E-state index in [4.69, 9.17) is 4.74 Å². The maximum Gasteiger partial charge on any atom is 0.221 e. The minimum absolute atomic E-state index is 0.190. The molecule has 1 saturated heterocycles. The number of methoxy groups -OCH3 is 1. The Morgan fingerprint density at radius 3 is 2.59 bits per heavy atom. The number of piperidine rings is 1. The average molecular weight is 414 g/mol. The Morgan fingerprint density at radius 1 is 1.10 bits per heavy atom. The summed E-state index contributed by atoms with van der Waals surface area (Å²) in [5, 5.41) is 4.55. The van der Waals surface area contributed by atoms with Crippen LogP contribution in [0.25, 0.3) is 10.9 Å². The van der Waals surface area contributed by atoms with Crippen LogP contribution in [0.5, 0.6) is 5.75 Å². The third-order valence-electron chi connectivity index (χ3n) is 5.69. The number of rotatable bonds is 5. The molecule has 1 aromatic heterocycles. The van der Waals surface area contributed by atoms with E-state index in [0.717, 1.165) is 48.1 Å². The normalized spacial score (nSPS) is 16.2. The molecule has 4 rings (SSSR count). The summed E-state index contributed by atoms with van der Waals surface area (Å²) in [6.45, 7) is 4.10. The molecule has 1 aliphatic heterocycles. The van der Waals surface area contributed by atoms with E-state index in [1.54, 1.807) is 25.3 Å². The predicted molar refractivity (Wildman–Crippen MR) is 116 cm³/mol. The van der Waals surface area contributed by atoms with Crippen molar-refractivity contribution >= 4 is 26.4 Å². The molecule has 6 nitrogen and oxygen atoms in total. The maximum atomic E-state index is 13.3. The molecule has 0 aliphatic carbocycles. The summed E-state index contributed by atoms with van der Waals surface area (Å²) in [5.41, 5.74) is 2.70. The number of H-pyrrole nitrogens is 1. The van der Waals surface area contributed by atoms with E-state index in [1.165, 1.54) is 0 Å². The number of fused-ring (bicyclic) bond motifs is 1. The minimum Gasteiger partial charge on any atom is -0.497 e. The molecular weight excluding hydrogens is 386 g/mol. The number of aromatic nitrogens is 1. The van der Waals surface area contributed by atoms with Crippen LogP contribution in [-0.4, -0.2) is 51.6 Å². The van der Waals surface area contributed by atoms with Crippen molar-refractivity contribution in [3.63, 3.8) is 0 Å². The van der Waals surface area contributed by atoms with Gasteiger partial charge in [-0.3, -0.25) is 0 Å². The number of ether oxygens (including phenoxy) is 1. The SMILES string of the molecule is COc1ccc2[nH]c(S(=O)(=O)c3ccc(C)c(NC4CCN(C)CC4)c3)cc2c1. The van der Waals surface area contributed by atoms with Crippen LogP contribution in [-0.2, 0) is 9.84 Å². The largest absolute Gasteiger partial charge is 0.497 e. The second-order valence-electron chi connectivity index (χ2n) is 7.79. The van der Waals surface area contributed by atoms with Crippen molar-refractivity contribution in [2.75, 3.05) is 32.6 Å². The molecule has 0 bridgehead atoms. The van der Waals surface area contributed by atoms with Crippen LogP contribution in [0.15, 0.2) is 52.4 Å². The Balaban J connectivity index is 1.64. The monoisotopic (exact) mass is 413 g/mol. The van der Waals surface area contributed by atoms with Gasteiger partial charge in [0.2, 0.25) is 9.84 Å². The molecule has 2 N–H and O–H groups in total. The number of hydrogen-bond donors (Lipinski definition) is 2. The third-order valence-corrected chi connectivity index (χ3v) is 7.36. The van der Waals surface area contributed by atoms with Gasteiger partial charge >= 0.3 is 0 Å². The molecule has 0 radical (unpaired) electrons. The molecule has 0 atom stereocenters. The van der Waals surface area contributed by atoms with E-state index in [1.807, 2.05) is 31.2 Å². The zero-order valence-electron chi connectivity index (χ0n) is 17.0. The average Bonchev–Trinajstić information content (AvgIpc) is 3.15. The van der Waals surface area contributed by atoms with Crippen LogP contribution in [0.2, 0.25) is 0 Å². The van der Waals surface area contributed by atoms with E-state index < -0.39 is 9.84 Å². The number of nitrogens with zero attached hydrogens (tertiary/aromatic N) is 1. The lowest BCUT2D eigenvalue weighted by molar-refractivity contribution is 0.264. The smallest absolute Gasteiger partial charge is 0.221 e. The summed E-state index contributed by atoms with van der Waals surface area (Å²) >= 11 is 0. The molecule has 154 valence electrons. The zero-order valence-corrected chi connectivity index (χ0v) is 17.8. The minimum atomic E-state index is -3.65. The quantitative estimate of drug-likeness (QED) is 0.665. The van der Waals surface area contributed by atoms with Gasteiger partial charge in [-0.05, 0) is 81.9 Å². The third kappa shape index (κ3) is 3.97. The van der Waals surface area contributed by atoms with Gasteiger partial charge in [-0.1, -0.05) is 6.07 Å². The fourth-order valence-electron chi connectivity index (χ4n) is 3.78. The predicted octanol–water partition coefficient (Wildman–Crippen LogP) is 3.82. The van der Waals surface area contributed by atoms with E-state index in [9.17, 15) is 8.42 Å². The van der Waals surface area contributed by atoms with Gasteiger partial charge in [-0.15, -0.1) is 0 Å². The number of benzene rings is 2. The second kappa shape index (κ2) is 7.72. The van der Waals surface area contributed by atoms with E-state index in [0.29, 0.717) is 11.8 Å². The van der Waals surface area contributed by atoms with Crippen LogP contribution >= 0.6 is 0 Å². The standard InChI is InChI=1S/C22H27N3O3S/c1-15-4-6-19(14-21(15)23-17-8-10-25(2)11-9-17)29(26,27)22-13-16-12-18(28-3)5-7-20(16)24-22/h4-7,12-14,17,23-24H,8-11H2,1-3H3. The summed E-state index contributed by atoms with van der Waals surface area (Å²) in [5.74, 6) is 0.695. The molecule has 7 heteroatoms. The molecule has 1 aliphatic rings. The van der Waals surface area contributed by atoms with Gasteiger partial charge in [0, 0.05) is 22.6 Å². The molecule has 1 fully saturated rings. The lowest BCUT2D eigenvalue weighted by atomic mass is 10.0. The summed E-state index contributed by atoms with van der Waals surface area (Å²) in [6.07, 6.45) is 2.10. The summed E-state index contributed by atoms with van der Waals surface area (Å²) in [6, 6.07) is 12.8. The summed E-state index contributed by atoms with van der Waals surface area (Å²) in [4.78, 5) is 5.64. The Hall–Kier alpha value is -2.51. The first-order valence-corrected chi connectivity index (χ1v) is 11.3. The highest BCUT2D eigenvalue weighted by molar-refractivity contribution is 7.91. The fourth-order valence-corrected chi connectivity index (χ4v) is 5.08. The van der Waals surface area contributed by atoms with Crippen LogP contribution in [0.3, 0.4) is 0 Å². The van der Waals surface area contributed by atoms with Crippen molar-refractivity contribution in [3.8, 4) is 5.75 Å². The van der Waals surface area contributed by atoms with Gasteiger partial charge in [-0.25, -0.2) is 8.42 Å². The Kier molecular flexibility index (Phi) is 5.27. The molecule has 0 amide bonds. The van der Waals surface area contributed by atoms with Crippen LogP contribution in [0.4, 0.5) is 5.69 Å². The summed E-state index contributed by atoms with van der Waals surface area (Å²) in [7, 11) is 0.0696. The van der Waals surface area contributed by atoms with Crippen molar-refractivity contribution < 1.29 is 13.2 Å². The number of sulfone groups is 1. The number of nitrogens with one attached hydrogen (secondary N) is 2. The van der Waals surface area contributed by atoms with Crippen molar-refractivity contribution in [1.29, 1.82) is 0 Å². The fraction of sp³-hybridized carbons (Fsp3) is 0.364. The van der Waals surface area contributed by atoms with Crippen LogP contribution in [0.1, 0.15) is 18.4 Å². The summed E-state index contributed by atoms with van der Waals surface area (Å²) < 4.78 is 31.8. The highest BCUT2D eigenvalue weighted by atomic mass is 32.2. The number of hydrogen-bond acceptors (Lipinski definition) is 5. The van der Waals surface area contributed by atoms with Crippen molar-refractivity contribution in [2.24, 2.45) is 0 Å². The lowest BCUT2D eigenvalue weighted by Gasteiger charge is -2.30. The topological polar surface area (TPSA) is 74.4 Å². The molecule has 29 heavy (non-hydrogen) atoms. The highest BCUT2D eigenvalue weighted by Crippen LogP contribution is 2.30. The van der Waals surface area contributed by atoms with Crippen molar-refractivity contribution in [1.82, 2.24) is 9.88 Å². The number of anilines is 1. The van der Waals surface area contributed by atoms with Gasteiger partial charge in [0.1, 0.15) is 10.8 Å². The Morgan fingerprint density at radius 2 is 1.86 bits per heavy atom.